The molecule has 3 rings (SSSR count). The number of hydrogen-bond acceptors (Lipinski definition) is 6. The number of para-hydroxylation sites is 1. The molecule has 0 radical (unpaired) electrons. The molecule has 5 nitrogen and oxygen atoms in total. The van der Waals surface area contributed by atoms with E-state index in [4.69, 9.17) is 4.74 Å². The molecule has 0 aliphatic heterocycles. The Kier molecular flexibility index (Phi) is 5.35. The molecular weight excluding hydrogens is 356 g/mol. The Balaban J connectivity index is 1.90. The molecule has 128 valence electrons. The molecule has 0 unspecified atom stereocenters. The molecule has 0 aliphatic carbocycles. The second-order valence-corrected chi connectivity index (χ2v) is 7.00. The Morgan fingerprint density at radius 1 is 1.40 bits per heavy atom. The van der Waals surface area contributed by atoms with Gasteiger partial charge in [-0.05, 0) is 23.6 Å². The normalized spacial score (nSPS) is 10.8. The molecule has 0 amide bonds. The molecule has 0 saturated carbocycles. The van der Waals surface area contributed by atoms with Crippen LogP contribution in [0.2, 0.25) is 0 Å². The highest BCUT2D eigenvalue weighted by Crippen LogP contribution is 2.24. The van der Waals surface area contributed by atoms with Crippen LogP contribution in [0, 0.1) is 0 Å². The quantitative estimate of drug-likeness (QED) is 0.274. The van der Waals surface area contributed by atoms with Crippen LogP contribution in [0.4, 0.5) is 0 Å². The highest BCUT2D eigenvalue weighted by atomic mass is 32.2. The van der Waals surface area contributed by atoms with Gasteiger partial charge in [-0.2, -0.15) is 0 Å². The summed E-state index contributed by atoms with van der Waals surface area (Å²) < 4.78 is 7.40. The van der Waals surface area contributed by atoms with Gasteiger partial charge in [0.1, 0.15) is 10.4 Å². The molecule has 25 heavy (non-hydrogen) atoms. The van der Waals surface area contributed by atoms with Crippen molar-refractivity contribution in [2.45, 2.75) is 11.7 Å². The lowest BCUT2D eigenvalue weighted by Crippen LogP contribution is -2.22. The summed E-state index contributed by atoms with van der Waals surface area (Å²) in [6, 6.07) is 8.90. The Bertz CT molecular complexity index is 991. The molecule has 3 aromatic rings. The third-order valence-corrected chi connectivity index (χ3v) is 5.45. The van der Waals surface area contributed by atoms with E-state index in [1.165, 1.54) is 30.2 Å². The zero-order valence-corrected chi connectivity index (χ0v) is 15.2. The van der Waals surface area contributed by atoms with Crippen molar-refractivity contribution in [3.63, 3.8) is 0 Å². The molecule has 0 saturated heterocycles. The van der Waals surface area contributed by atoms with Crippen LogP contribution in [0.1, 0.15) is 10.4 Å². The van der Waals surface area contributed by atoms with Crippen LogP contribution in [0.25, 0.3) is 10.2 Å². The van der Waals surface area contributed by atoms with Crippen molar-refractivity contribution in [2.75, 3.05) is 12.9 Å². The second-order valence-electron chi connectivity index (χ2n) is 5.15. The zero-order chi connectivity index (χ0) is 17.8. The van der Waals surface area contributed by atoms with Crippen molar-refractivity contribution >= 4 is 39.1 Å². The molecule has 0 bridgehead atoms. The van der Waals surface area contributed by atoms with Crippen molar-refractivity contribution < 1.29 is 9.53 Å². The van der Waals surface area contributed by atoms with E-state index in [1.54, 1.807) is 28.8 Å². The first-order valence-electron chi connectivity index (χ1n) is 7.53. The number of nitrogens with zero attached hydrogens (tertiary/aromatic N) is 2. The number of hydrogen-bond donors (Lipinski definition) is 0. The number of thiophene rings is 1. The first-order valence-corrected chi connectivity index (χ1v) is 9.40. The predicted molar refractivity (Wildman–Crippen MR) is 102 cm³/mol. The topological polar surface area (TPSA) is 61.2 Å². The zero-order valence-electron chi connectivity index (χ0n) is 13.6. The highest BCUT2D eigenvalue weighted by Gasteiger charge is 2.16. The van der Waals surface area contributed by atoms with Gasteiger partial charge in [-0.25, -0.2) is 4.98 Å². The standard InChI is InChI=1S/C18H16N2O3S2/c1-3-9-20-17(22)16-13(8-10-24-16)19-18(20)25-11-14(21)12-6-4-5-7-15(12)23-2/h3-8,10H,1,9,11H2,2H3. The summed E-state index contributed by atoms with van der Waals surface area (Å²) in [5.74, 6) is 0.629. The van der Waals surface area contributed by atoms with Crippen molar-refractivity contribution in [2.24, 2.45) is 0 Å². The van der Waals surface area contributed by atoms with Gasteiger partial charge in [-0.15, -0.1) is 17.9 Å². The van der Waals surface area contributed by atoms with Crippen molar-refractivity contribution in [3.8, 4) is 5.75 Å². The SMILES string of the molecule is C=CCn1c(SCC(=O)c2ccccc2OC)nc2ccsc2c1=O. The third kappa shape index (κ3) is 3.52. The maximum absolute atomic E-state index is 12.6. The third-order valence-electron chi connectivity index (χ3n) is 3.58. The minimum absolute atomic E-state index is 0.0766. The van der Waals surface area contributed by atoms with Crippen LogP contribution in [0.5, 0.6) is 5.75 Å². The molecule has 0 fully saturated rings. The van der Waals surface area contributed by atoms with Gasteiger partial charge in [0, 0.05) is 6.54 Å². The van der Waals surface area contributed by atoms with Gasteiger partial charge in [0.25, 0.3) is 5.56 Å². The number of ether oxygens (including phenoxy) is 1. The molecule has 0 spiro atoms. The minimum atomic E-state index is -0.104. The lowest BCUT2D eigenvalue weighted by atomic mass is 10.1. The van der Waals surface area contributed by atoms with Crippen molar-refractivity contribution in [3.05, 3.63) is 64.3 Å². The van der Waals surface area contributed by atoms with Crippen LogP contribution in [0.15, 0.2) is 58.3 Å². The van der Waals surface area contributed by atoms with Crippen molar-refractivity contribution in [1.82, 2.24) is 9.55 Å². The monoisotopic (exact) mass is 372 g/mol. The van der Waals surface area contributed by atoms with Gasteiger partial charge in [0.15, 0.2) is 10.9 Å². The lowest BCUT2D eigenvalue weighted by molar-refractivity contribution is 0.101. The number of carbonyl (C=O) groups is 1. The molecule has 0 atom stereocenters. The van der Waals surface area contributed by atoms with E-state index in [0.29, 0.717) is 33.2 Å². The van der Waals surface area contributed by atoms with Gasteiger partial charge >= 0.3 is 0 Å². The number of fused-ring (bicyclic) bond motifs is 1. The van der Waals surface area contributed by atoms with E-state index < -0.39 is 0 Å². The number of ketones is 1. The first-order chi connectivity index (χ1) is 12.2. The van der Waals surface area contributed by atoms with E-state index in [2.05, 4.69) is 11.6 Å². The maximum atomic E-state index is 12.6. The molecule has 1 aromatic carbocycles. The van der Waals surface area contributed by atoms with Crippen LogP contribution < -0.4 is 10.3 Å². The summed E-state index contributed by atoms with van der Waals surface area (Å²) >= 11 is 2.61. The average molecular weight is 372 g/mol. The van der Waals surface area contributed by atoms with Gasteiger partial charge in [0.2, 0.25) is 0 Å². The summed E-state index contributed by atoms with van der Waals surface area (Å²) in [5.41, 5.74) is 1.07. The largest absolute Gasteiger partial charge is 0.496 e. The van der Waals surface area contributed by atoms with Crippen LogP contribution in [-0.4, -0.2) is 28.2 Å². The summed E-state index contributed by atoms with van der Waals surface area (Å²) in [4.78, 5) is 29.6. The summed E-state index contributed by atoms with van der Waals surface area (Å²) in [7, 11) is 1.53. The van der Waals surface area contributed by atoms with Crippen LogP contribution in [-0.2, 0) is 6.54 Å². The predicted octanol–water partition coefficient (Wildman–Crippen LogP) is 3.63. The van der Waals surface area contributed by atoms with Gasteiger partial charge < -0.3 is 4.74 Å². The average Bonchev–Trinajstić information content (AvgIpc) is 3.11. The number of aromatic nitrogens is 2. The van der Waals surface area contributed by atoms with E-state index >= 15 is 0 Å². The Hall–Kier alpha value is -2.38. The Morgan fingerprint density at radius 2 is 2.20 bits per heavy atom. The fourth-order valence-electron chi connectivity index (χ4n) is 2.41. The summed E-state index contributed by atoms with van der Waals surface area (Å²) in [6.45, 7) is 4.05. The lowest BCUT2D eigenvalue weighted by Gasteiger charge is -2.10. The first kappa shape index (κ1) is 17.4. The smallest absolute Gasteiger partial charge is 0.272 e. The molecular formula is C18H16N2O3S2. The Morgan fingerprint density at radius 3 is 2.96 bits per heavy atom. The number of benzene rings is 1. The van der Waals surface area contributed by atoms with E-state index in [-0.39, 0.29) is 17.1 Å². The summed E-state index contributed by atoms with van der Waals surface area (Å²) in [5, 5.41) is 2.35. The fourth-order valence-corrected chi connectivity index (χ4v) is 4.08. The fraction of sp³-hybridized carbons (Fsp3) is 0.167. The number of thioether (sulfide) groups is 1. The molecule has 7 heteroatoms. The van der Waals surface area contributed by atoms with Crippen LogP contribution >= 0.6 is 23.1 Å². The second kappa shape index (κ2) is 7.67. The highest BCUT2D eigenvalue weighted by molar-refractivity contribution is 7.99. The van der Waals surface area contributed by atoms with Crippen LogP contribution in [0.3, 0.4) is 0 Å². The van der Waals surface area contributed by atoms with E-state index in [9.17, 15) is 9.59 Å². The molecule has 2 heterocycles. The summed E-state index contributed by atoms with van der Waals surface area (Å²) in [6.07, 6.45) is 1.65. The number of allylic oxidation sites excluding steroid dienone is 1. The Labute approximate surface area is 153 Å². The van der Waals surface area contributed by atoms with Gasteiger partial charge in [-0.1, -0.05) is 30.0 Å². The minimum Gasteiger partial charge on any atom is -0.496 e. The number of methoxy groups -OCH3 is 1. The molecule has 0 N–H and O–H groups in total. The molecule has 2 aromatic heterocycles. The van der Waals surface area contributed by atoms with E-state index in [1.807, 2.05) is 17.5 Å². The number of rotatable bonds is 7. The number of Topliss-reactive ketones (excluding diaryl/α,β-unsaturated/α-hetero) is 1. The van der Waals surface area contributed by atoms with E-state index in [0.717, 1.165) is 0 Å². The maximum Gasteiger partial charge on any atom is 0.272 e. The van der Waals surface area contributed by atoms with Gasteiger partial charge in [-0.3, -0.25) is 14.2 Å². The molecule has 0 aliphatic rings. The van der Waals surface area contributed by atoms with Gasteiger partial charge in [0.05, 0.1) is 23.9 Å². The van der Waals surface area contributed by atoms with Crippen molar-refractivity contribution in [1.29, 1.82) is 0 Å². The number of carbonyl (C=O) groups excluding carboxylic acids is 1.